The summed E-state index contributed by atoms with van der Waals surface area (Å²) < 4.78 is 48.3. The van der Waals surface area contributed by atoms with Gasteiger partial charge in [-0.15, -0.1) is 0 Å². The minimum absolute atomic E-state index is 0.0249. The quantitative estimate of drug-likeness (QED) is 0.694. The topological polar surface area (TPSA) is 76.0 Å². The molecule has 2 N–H and O–H groups in total. The summed E-state index contributed by atoms with van der Waals surface area (Å²) in [6.45, 7) is 0. The second-order valence-electron chi connectivity index (χ2n) is 5.47. The number of carbonyl (C=O) groups is 1. The van der Waals surface area contributed by atoms with E-state index in [9.17, 15) is 28.2 Å². The van der Waals surface area contributed by atoms with Gasteiger partial charge in [0.15, 0.2) is 0 Å². The molecule has 0 spiro atoms. The van der Waals surface area contributed by atoms with Gasteiger partial charge in [0.05, 0.1) is 0 Å². The molecule has 26 heavy (non-hydrogen) atoms. The second kappa shape index (κ2) is 8.09. The summed E-state index contributed by atoms with van der Waals surface area (Å²) in [7, 11) is 0. The van der Waals surface area contributed by atoms with E-state index in [1.165, 1.54) is 24.3 Å². The molecular formula is C18H17F3O5. The number of hydrogen-bond acceptors (Lipinski definition) is 4. The van der Waals surface area contributed by atoms with Crippen LogP contribution in [0.1, 0.15) is 12.8 Å². The summed E-state index contributed by atoms with van der Waals surface area (Å²) in [6, 6.07) is 15.1. The van der Waals surface area contributed by atoms with Crippen molar-refractivity contribution in [2.24, 2.45) is 0 Å². The summed E-state index contributed by atoms with van der Waals surface area (Å²) in [5.74, 6) is -4.44. The maximum atomic E-state index is 12.5. The second-order valence-corrected chi connectivity index (χ2v) is 5.47. The van der Waals surface area contributed by atoms with Crippen molar-refractivity contribution in [2.75, 3.05) is 0 Å². The van der Waals surface area contributed by atoms with Crippen molar-refractivity contribution in [3.8, 4) is 11.5 Å². The zero-order chi connectivity index (χ0) is 19.2. The van der Waals surface area contributed by atoms with Crippen molar-refractivity contribution in [1.29, 1.82) is 0 Å². The van der Waals surface area contributed by atoms with Crippen LogP contribution >= 0.6 is 0 Å². The highest BCUT2D eigenvalue weighted by Gasteiger charge is 2.52. The molecule has 0 saturated carbocycles. The fourth-order valence-electron chi connectivity index (χ4n) is 2.20. The molecule has 5 nitrogen and oxygen atoms in total. The molecular weight excluding hydrogens is 353 g/mol. The molecule has 0 bridgehead atoms. The minimum Gasteiger partial charge on any atom is -0.475 e. The van der Waals surface area contributed by atoms with Crippen LogP contribution in [0.4, 0.5) is 13.2 Å². The molecule has 140 valence electrons. The lowest BCUT2D eigenvalue weighted by Crippen LogP contribution is -2.59. The Morgan fingerprint density at radius 1 is 0.923 bits per heavy atom. The normalized spacial score (nSPS) is 13.1. The number of rotatable bonds is 8. The van der Waals surface area contributed by atoms with Crippen LogP contribution in [0.3, 0.4) is 0 Å². The molecule has 0 aliphatic carbocycles. The van der Waals surface area contributed by atoms with Gasteiger partial charge in [0.2, 0.25) is 0 Å². The highest BCUT2D eigenvalue weighted by molar-refractivity contribution is 5.77. The third-order valence-electron chi connectivity index (χ3n) is 3.46. The molecule has 2 aromatic carbocycles. The Bertz CT molecular complexity index is 662. The van der Waals surface area contributed by atoms with Crippen LogP contribution < -0.4 is 9.47 Å². The summed E-state index contributed by atoms with van der Waals surface area (Å²) >= 11 is 0. The molecule has 8 heteroatoms. The molecule has 2 rings (SSSR count). The van der Waals surface area contributed by atoms with Gasteiger partial charge in [-0.2, -0.15) is 13.2 Å². The zero-order valence-corrected chi connectivity index (χ0v) is 13.5. The fraction of sp³-hybridized carbons (Fsp3) is 0.278. The summed E-state index contributed by atoms with van der Waals surface area (Å²) in [4.78, 5) is 11.9. The molecule has 2 aromatic rings. The number of aliphatic carboxylic acids is 1. The van der Waals surface area contributed by atoms with Crippen LogP contribution in [0.5, 0.6) is 11.5 Å². The smallest absolute Gasteiger partial charge is 0.393 e. The van der Waals surface area contributed by atoms with Gasteiger partial charge in [-0.05, 0) is 30.7 Å². The summed E-state index contributed by atoms with van der Waals surface area (Å²) in [5, 5.41) is 19.9. The first-order chi connectivity index (χ1) is 12.2. The number of benzene rings is 2. The lowest BCUT2D eigenvalue weighted by atomic mass is 10.0. The van der Waals surface area contributed by atoms with E-state index in [0.29, 0.717) is 0 Å². The largest absolute Gasteiger partial charge is 0.475 e. The molecule has 0 saturated heterocycles. The van der Waals surface area contributed by atoms with E-state index in [0.717, 1.165) is 0 Å². The number of hydrogen-bond donors (Lipinski definition) is 2. The molecule has 0 aliphatic rings. The number of halogens is 3. The average Bonchev–Trinajstić information content (AvgIpc) is 2.60. The highest BCUT2D eigenvalue weighted by atomic mass is 19.4. The van der Waals surface area contributed by atoms with Crippen LogP contribution in [0.15, 0.2) is 60.7 Å². The first-order valence-electron chi connectivity index (χ1n) is 7.69. The summed E-state index contributed by atoms with van der Waals surface area (Å²) in [5.41, 5.74) is 0. The van der Waals surface area contributed by atoms with E-state index >= 15 is 0 Å². The van der Waals surface area contributed by atoms with Gasteiger partial charge < -0.3 is 19.7 Å². The number of alkyl halides is 3. The van der Waals surface area contributed by atoms with Crippen LogP contribution in [0.2, 0.25) is 0 Å². The van der Waals surface area contributed by atoms with Crippen molar-refractivity contribution in [3.05, 3.63) is 60.7 Å². The van der Waals surface area contributed by atoms with Crippen LogP contribution in [0.25, 0.3) is 0 Å². The van der Waals surface area contributed by atoms with Gasteiger partial charge in [-0.25, -0.2) is 4.79 Å². The number of aliphatic hydroxyl groups is 1. The van der Waals surface area contributed by atoms with E-state index in [1.807, 2.05) is 0 Å². The first-order valence-corrected chi connectivity index (χ1v) is 7.69. The molecule has 0 amide bonds. The Labute approximate surface area is 147 Å². The Morgan fingerprint density at radius 3 is 1.69 bits per heavy atom. The van der Waals surface area contributed by atoms with Crippen molar-refractivity contribution in [1.82, 2.24) is 0 Å². The highest BCUT2D eigenvalue weighted by Crippen LogP contribution is 2.31. The lowest BCUT2D eigenvalue weighted by Gasteiger charge is -2.34. The molecule has 1 atom stereocenters. The van der Waals surface area contributed by atoms with Crippen molar-refractivity contribution in [2.45, 2.75) is 30.9 Å². The van der Waals surface area contributed by atoms with E-state index in [4.69, 9.17) is 9.47 Å². The predicted molar refractivity (Wildman–Crippen MR) is 85.8 cm³/mol. The van der Waals surface area contributed by atoms with E-state index in [1.54, 1.807) is 36.4 Å². The fourth-order valence-corrected chi connectivity index (χ4v) is 2.20. The molecule has 0 aromatic heterocycles. The molecule has 1 unspecified atom stereocenters. The van der Waals surface area contributed by atoms with Gasteiger partial charge in [-0.1, -0.05) is 36.4 Å². The third kappa shape index (κ3) is 5.13. The van der Waals surface area contributed by atoms with Crippen molar-refractivity contribution >= 4 is 5.97 Å². The molecule has 0 aliphatic heterocycles. The van der Waals surface area contributed by atoms with Gasteiger partial charge in [0, 0.05) is 6.42 Å². The standard InChI is InChI=1S/C18H17F3O5/c19-17(20,21)12-11-15(22)18(16(23)24,25-13-7-3-1-4-8-13)26-14-9-5-2-6-10-14/h1-10,15,22H,11-12H2,(H,23,24). The Kier molecular flexibility index (Phi) is 6.10. The number of aliphatic hydroxyl groups excluding tert-OH is 1. The average molecular weight is 370 g/mol. The van der Waals surface area contributed by atoms with Crippen molar-refractivity contribution < 1.29 is 37.7 Å². The van der Waals surface area contributed by atoms with Crippen molar-refractivity contribution in [3.63, 3.8) is 0 Å². The van der Waals surface area contributed by atoms with Crippen LogP contribution in [-0.2, 0) is 4.79 Å². The monoisotopic (exact) mass is 370 g/mol. The first kappa shape index (κ1) is 19.6. The summed E-state index contributed by atoms with van der Waals surface area (Å²) in [6.07, 6.45) is -8.94. The maximum absolute atomic E-state index is 12.5. The van der Waals surface area contributed by atoms with E-state index in [2.05, 4.69) is 0 Å². The SMILES string of the molecule is O=C(O)C(Oc1ccccc1)(Oc1ccccc1)C(O)CCC(F)(F)F. The van der Waals surface area contributed by atoms with E-state index in [-0.39, 0.29) is 11.5 Å². The molecule has 0 radical (unpaired) electrons. The minimum atomic E-state index is -4.56. The number of ether oxygens (including phenoxy) is 2. The Morgan fingerprint density at radius 2 is 1.35 bits per heavy atom. The number of carboxylic acids is 1. The number of para-hydroxylation sites is 2. The van der Waals surface area contributed by atoms with Gasteiger partial charge >= 0.3 is 17.9 Å². The Balaban J connectivity index is 2.37. The molecule has 0 fully saturated rings. The van der Waals surface area contributed by atoms with Gasteiger partial charge in [0.1, 0.15) is 17.6 Å². The third-order valence-corrected chi connectivity index (χ3v) is 3.46. The lowest BCUT2D eigenvalue weighted by molar-refractivity contribution is -0.219. The number of carboxylic acid groups (broad SMARTS) is 1. The van der Waals surface area contributed by atoms with Gasteiger partial charge in [-0.3, -0.25) is 0 Å². The molecule has 0 heterocycles. The van der Waals surface area contributed by atoms with Gasteiger partial charge in [0.25, 0.3) is 0 Å². The zero-order valence-electron chi connectivity index (χ0n) is 13.5. The predicted octanol–water partition coefficient (Wildman–Crippen LogP) is 3.63. The maximum Gasteiger partial charge on any atom is 0.393 e. The van der Waals surface area contributed by atoms with Crippen LogP contribution in [0, 0.1) is 0 Å². The Hall–Kier alpha value is -2.74. The van der Waals surface area contributed by atoms with Crippen LogP contribution in [-0.4, -0.2) is 34.2 Å². The van der Waals surface area contributed by atoms with E-state index < -0.39 is 36.9 Å².